The van der Waals surface area contributed by atoms with Gasteiger partial charge in [-0.2, -0.15) is 0 Å². The van der Waals surface area contributed by atoms with Crippen molar-refractivity contribution < 1.29 is 29.1 Å². The highest BCUT2D eigenvalue weighted by molar-refractivity contribution is 5.87. The van der Waals surface area contributed by atoms with Crippen molar-refractivity contribution in [3.63, 3.8) is 0 Å². The van der Waals surface area contributed by atoms with E-state index >= 15 is 0 Å². The number of hydroxylamine groups is 2. The molecular weight excluding hydrogens is 424 g/mol. The summed E-state index contributed by atoms with van der Waals surface area (Å²) in [6, 6.07) is 15.8. The number of benzene rings is 2. The van der Waals surface area contributed by atoms with Crippen LogP contribution in [0.25, 0.3) is 0 Å². The number of ether oxygens (including phenoxy) is 2. The van der Waals surface area contributed by atoms with Crippen LogP contribution in [-0.4, -0.2) is 52.8 Å². The molecule has 0 aliphatic rings. The van der Waals surface area contributed by atoms with Crippen molar-refractivity contribution in [2.45, 2.75) is 58.3 Å². The molecule has 0 radical (unpaired) electrons. The second-order valence-corrected chi connectivity index (χ2v) is 7.67. The van der Waals surface area contributed by atoms with E-state index in [4.69, 9.17) is 9.47 Å². The van der Waals surface area contributed by atoms with Gasteiger partial charge in [-0.15, -0.1) is 0 Å². The number of esters is 2. The second kappa shape index (κ2) is 13.3. The molecule has 0 fully saturated rings. The number of aryl methyl sites for hydroxylation is 1. The largest absolute Gasteiger partial charge is 0.465 e. The monoisotopic (exact) mass is 456 g/mol. The van der Waals surface area contributed by atoms with E-state index in [1.165, 1.54) is 13.8 Å². The maximum Gasteiger partial charge on any atom is 0.331 e. The molecule has 33 heavy (non-hydrogen) atoms. The predicted molar refractivity (Wildman–Crippen MR) is 122 cm³/mol. The summed E-state index contributed by atoms with van der Waals surface area (Å²) in [4.78, 5) is 37.4. The van der Waals surface area contributed by atoms with Gasteiger partial charge in [0.1, 0.15) is 12.6 Å². The summed E-state index contributed by atoms with van der Waals surface area (Å²) in [6.45, 7) is 4.84. The Hall–Kier alpha value is -3.23. The van der Waals surface area contributed by atoms with Crippen LogP contribution in [-0.2, 0) is 36.9 Å². The topological polar surface area (TPSA) is 105 Å². The Labute approximate surface area is 194 Å². The molecular formula is C25H32N2O6. The summed E-state index contributed by atoms with van der Waals surface area (Å²) in [7, 11) is 0. The molecule has 0 aromatic heterocycles. The molecule has 8 nitrogen and oxygen atoms in total. The van der Waals surface area contributed by atoms with Crippen LogP contribution in [0.1, 0.15) is 38.3 Å². The zero-order valence-electron chi connectivity index (χ0n) is 19.3. The van der Waals surface area contributed by atoms with Crippen molar-refractivity contribution in [3.05, 3.63) is 71.8 Å². The second-order valence-electron chi connectivity index (χ2n) is 7.67. The number of rotatable bonds is 12. The van der Waals surface area contributed by atoms with E-state index in [0.717, 1.165) is 11.1 Å². The lowest BCUT2D eigenvalue weighted by molar-refractivity contribution is -0.189. The van der Waals surface area contributed by atoms with Gasteiger partial charge >= 0.3 is 11.9 Å². The molecule has 2 rings (SSSR count). The standard InChI is InChI=1S/C25H32N2O6/c1-4-32-25(30)22(16-15-20-11-7-5-8-12-20)26-18(2)23(28)27(31)19(3)24(29)33-17-21-13-9-6-10-14-21/h5-14,18-19,22,26,31H,4,15-17H2,1-3H3/t18-,19?,22-/m0/s1. The van der Waals surface area contributed by atoms with Gasteiger partial charge in [0.05, 0.1) is 12.6 Å². The summed E-state index contributed by atoms with van der Waals surface area (Å²) >= 11 is 0. The van der Waals surface area contributed by atoms with Crippen LogP contribution in [0.2, 0.25) is 0 Å². The molecule has 0 saturated heterocycles. The van der Waals surface area contributed by atoms with Gasteiger partial charge in [0, 0.05) is 0 Å². The summed E-state index contributed by atoms with van der Waals surface area (Å²) in [5.74, 6) is -1.98. The van der Waals surface area contributed by atoms with E-state index < -0.39 is 36.0 Å². The zero-order valence-corrected chi connectivity index (χ0v) is 19.3. The number of carbonyl (C=O) groups excluding carboxylic acids is 3. The highest BCUT2D eigenvalue weighted by Crippen LogP contribution is 2.10. The molecule has 2 aromatic carbocycles. The minimum absolute atomic E-state index is 0.0320. The lowest BCUT2D eigenvalue weighted by Crippen LogP contribution is -2.53. The van der Waals surface area contributed by atoms with Gasteiger partial charge in [0.25, 0.3) is 5.91 Å². The van der Waals surface area contributed by atoms with E-state index in [2.05, 4.69) is 5.32 Å². The quantitative estimate of drug-likeness (QED) is 0.287. The molecule has 0 aliphatic heterocycles. The highest BCUT2D eigenvalue weighted by Gasteiger charge is 2.32. The number of carbonyl (C=O) groups is 3. The Morgan fingerprint density at radius 3 is 2.06 bits per heavy atom. The number of nitrogens with zero attached hydrogens (tertiary/aromatic N) is 1. The van der Waals surface area contributed by atoms with Crippen molar-refractivity contribution in [3.8, 4) is 0 Å². The molecule has 0 heterocycles. The lowest BCUT2D eigenvalue weighted by Gasteiger charge is -2.27. The third-order valence-corrected chi connectivity index (χ3v) is 5.11. The first kappa shape index (κ1) is 26.0. The van der Waals surface area contributed by atoms with Crippen LogP contribution in [0.3, 0.4) is 0 Å². The molecule has 0 bridgehead atoms. The number of hydrogen-bond acceptors (Lipinski definition) is 7. The summed E-state index contributed by atoms with van der Waals surface area (Å²) in [6.07, 6.45) is 1.00. The van der Waals surface area contributed by atoms with Crippen molar-refractivity contribution in [1.29, 1.82) is 0 Å². The molecule has 3 atom stereocenters. The summed E-state index contributed by atoms with van der Waals surface area (Å²) < 4.78 is 10.3. The fourth-order valence-corrected chi connectivity index (χ4v) is 3.18. The Bertz CT molecular complexity index is 890. The van der Waals surface area contributed by atoms with Crippen LogP contribution >= 0.6 is 0 Å². The Morgan fingerprint density at radius 2 is 1.48 bits per heavy atom. The van der Waals surface area contributed by atoms with Gasteiger partial charge in [-0.25, -0.2) is 9.86 Å². The van der Waals surface area contributed by atoms with Gasteiger partial charge < -0.3 is 9.47 Å². The van der Waals surface area contributed by atoms with Gasteiger partial charge in [0.2, 0.25) is 0 Å². The van der Waals surface area contributed by atoms with E-state index in [1.807, 2.05) is 48.5 Å². The van der Waals surface area contributed by atoms with E-state index in [-0.39, 0.29) is 13.2 Å². The van der Waals surface area contributed by atoms with Crippen molar-refractivity contribution in [1.82, 2.24) is 10.4 Å². The van der Waals surface area contributed by atoms with Crippen LogP contribution in [0, 0.1) is 0 Å². The molecule has 0 aliphatic carbocycles. The van der Waals surface area contributed by atoms with Crippen molar-refractivity contribution in [2.24, 2.45) is 0 Å². The third kappa shape index (κ3) is 8.32. The van der Waals surface area contributed by atoms with Crippen LogP contribution in [0.4, 0.5) is 0 Å². The first-order chi connectivity index (χ1) is 15.8. The summed E-state index contributed by atoms with van der Waals surface area (Å²) in [5, 5.41) is 13.6. The molecule has 0 spiro atoms. The molecule has 8 heteroatoms. The number of nitrogens with one attached hydrogen (secondary N) is 1. The average molecular weight is 457 g/mol. The minimum Gasteiger partial charge on any atom is -0.465 e. The van der Waals surface area contributed by atoms with E-state index in [9.17, 15) is 19.6 Å². The van der Waals surface area contributed by atoms with E-state index in [0.29, 0.717) is 17.9 Å². The van der Waals surface area contributed by atoms with Crippen LogP contribution in [0.15, 0.2) is 60.7 Å². The van der Waals surface area contributed by atoms with Crippen molar-refractivity contribution in [2.75, 3.05) is 6.61 Å². The predicted octanol–water partition coefficient (Wildman–Crippen LogP) is 2.88. The smallest absolute Gasteiger partial charge is 0.331 e. The number of hydrogen-bond donors (Lipinski definition) is 2. The lowest BCUT2D eigenvalue weighted by atomic mass is 10.0. The van der Waals surface area contributed by atoms with Crippen LogP contribution in [0.5, 0.6) is 0 Å². The average Bonchev–Trinajstić information content (AvgIpc) is 2.84. The minimum atomic E-state index is -1.21. The summed E-state index contributed by atoms with van der Waals surface area (Å²) in [5.41, 5.74) is 1.84. The maximum atomic E-state index is 12.7. The maximum absolute atomic E-state index is 12.7. The molecule has 1 amide bonds. The molecule has 2 aromatic rings. The van der Waals surface area contributed by atoms with E-state index in [1.54, 1.807) is 19.1 Å². The Balaban J connectivity index is 1.94. The molecule has 0 saturated carbocycles. The fraction of sp³-hybridized carbons (Fsp3) is 0.400. The van der Waals surface area contributed by atoms with Gasteiger partial charge in [-0.1, -0.05) is 60.7 Å². The third-order valence-electron chi connectivity index (χ3n) is 5.11. The Kier molecular flexibility index (Phi) is 10.5. The molecule has 178 valence electrons. The first-order valence-electron chi connectivity index (χ1n) is 11.0. The molecule has 2 N–H and O–H groups in total. The van der Waals surface area contributed by atoms with Gasteiger partial charge in [-0.3, -0.25) is 20.1 Å². The highest BCUT2D eigenvalue weighted by atomic mass is 16.6. The van der Waals surface area contributed by atoms with Crippen LogP contribution < -0.4 is 5.32 Å². The Morgan fingerprint density at radius 1 is 0.909 bits per heavy atom. The molecule has 1 unspecified atom stereocenters. The van der Waals surface area contributed by atoms with Crippen molar-refractivity contribution >= 4 is 17.8 Å². The normalized spacial score (nSPS) is 13.5. The zero-order chi connectivity index (χ0) is 24.2. The first-order valence-corrected chi connectivity index (χ1v) is 11.0. The fourth-order valence-electron chi connectivity index (χ4n) is 3.18. The SMILES string of the molecule is CCOC(=O)[C@H](CCc1ccccc1)N[C@@H](C)C(=O)N(O)C(C)C(=O)OCc1ccccc1. The van der Waals surface area contributed by atoms with Gasteiger partial charge in [-0.05, 0) is 44.7 Å². The van der Waals surface area contributed by atoms with Gasteiger partial charge in [0.15, 0.2) is 6.04 Å². The number of amides is 1.